The average Bonchev–Trinajstić information content (AvgIpc) is 3.36. The SMILES string of the molecule is CCCCCCC1=C(c2cccc(CCCC)c2)[N+](=[N-])C(c2cccc(CCCC)c2)=C1.CCCCCCCCCCCCCCCCCCCCCCCC[CH2][Pd][CH2]CCCCCCCCCCCCCCCCCCCCCCCC. The Hall–Kier alpha value is -1.82. The Bertz CT molecular complexity index is 1720. The first kappa shape index (κ1) is 77.3. The molecule has 0 saturated carbocycles. The van der Waals surface area contributed by atoms with Crippen LogP contribution in [0.15, 0.2) is 60.2 Å². The third-order valence-electron chi connectivity index (χ3n) is 18.1. The second-order valence-electron chi connectivity index (χ2n) is 26.2. The quantitative estimate of drug-likeness (QED) is 0.0358. The molecule has 2 nitrogen and oxygen atoms in total. The van der Waals surface area contributed by atoms with Gasteiger partial charge in [-0.2, -0.15) is 0 Å². The van der Waals surface area contributed by atoms with Crippen molar-refractivity contribution in [2.75, 3.05) is 0 Å². The van der Waals surface area contributed by atoms with Crippen LogP contribution < -0.4 is 0 Å². The first-order valence-corrected chi connectivity index (χ1v) is 39.9. The van der Waals surface area contributed by atoms with Gasteiger partial charge in [0.2, 0.25) is 11.4 Å². The normalized spacial score (nSPS) is 12.5. The summed E-state index contributed by atoms with van der Waals surface area (Å²) in [6.45, 7) is 11.3. The van der Waals surface area contributed by atoms with Crippen LogP contribution in [-0.2, 0) is 30.8 Å². The summed E-state index contributed by atoms with van der Waals surface area (Å²) < 4.78 is 1.45. The van der Waals surface area contributed by atoms with E-state index in [0.29, 0.717) is 0 Å². The van der Waals surface area contributed by atoms with Crippen molar-refractivity contribution in [1.82, 2.24) is 0 Å². The van der Waals surface area contributed by atoms with Crippen LogP contribution in [0.1, 0.15) is 410 Å². The zero-order chi connectivity index (χ0) is 59.4. The van der Waals surface area contributed by atoms with Crippen LogP contribution in [0.2, 0.25) is 9.79 Å². The second-order valence-corrected chi connectivity index (χ2v) is 28.5. The summed E-state index contributed by atoms with van der Waals surface area (Å²) in [4.78, 5) is 3.10. The number of allylic oxidation sites excluding steroid dienone is 2. The first-order chi connectivity index (χ1) is 41.1. The first-order valence-electron chi connectivity index (χ1n) is 37.7. The smallest absolute Gasteiger partial charge is 0.0654 e. The van der Waals surface area contributed by atoms with E-state index in [2.05, 4.69) is 89.2 Å². The Morgan fingerprint density at radius 3 is 0.867 bits per heavy atom. The van der Waals surface area contributed by atoms with Crippen LogP contribution >= 0.6 is 0 Å². The standard InChI is InChI=1S/C30H40N2.2C25H51.Pd/c1-4-7-10-11-18-28-23-29(26-19-12-16-24(21-26)14-8-5-2)32(31)30(28)27-20-13-17-25(22-27)15-9-6-3;2*1-3-5-7-9-11-13-15-17-19-21-23-25-24-22-20-18-16-14-12-10-8-6-4-2;/h12-13,16-17,19-23H,4-11,14-15,18H2,1-3H3;2*1,3-25H2,2H3;. The molecule has 0 unspecified atom stereocenters. The maximum atomic E-state index is 11.4. The van der Waals surface area contributed by atoms with Crippen LogP contribution in [0.25, 0.3) is 16.9 Å². The average molecular weight is 1240 g/mol. The minimum atomic E-state index is 0.905. The molecule has 83 heavy (non-hydrogen) atoms. The third-order valence-corrected chi connectivity index (χ3v) is 20.3. The second kappa shape index (κ2) is 60.5. The van der Waals surface area contributed by atoms with Crippen LogP contribution in [0.5, 0.6) is 0 Å². The summed E-state index contributed by atoms with van der Waals surface area (Å²) in [5.74, 6) is 0. The monoisotopic (exact) mass is 1240 g/mol. The van der Waals surface area contributed by atoms with Crippen molar-refractivity contribution in [3.05, 3.63) is 88.0 Å². The van der Waals surface area contributed by atoms with Gasteiger partial charge < -0.3 is 5.53 Å². The van der Waals surface area contributed by atoms with E-state index < -0.39 is 0 Å². The molecule has 0 spiro atoms. The molecular formula is C80H142N2Pd. The predicted octanol–water partition coefficient (Wildman–Crippen LogP) is 29.0. The van der Waals surface area contributed by atoms with E-state index in [0.717, 1.165) is 66.2 Å². The van der Waals surface area contributed by atoms with Gasteiger partial charge in [-0.1, -0.05) is 245 Å². The summed E-state index contributed by atoms with van der Waals surface area (Å²) in [5, 5.41) is 0. The van der Waals surface area contributed by atoms with E-state index in [1.54, 1.807) is 9.79 Å². The summed E-state index contributed by atoms with van der Waals surface area (Å²) in [7, 11) is 0. The van der Waals surface area contributed by atoms with E-state index in [1.807, 2.05) is 0 Å². The number of rotatable bonds is 61. The number of hydrogen-bond acceptors (Lipinski definition) is 0. The van der Waals surface area contributed by atoms with Gasteiger partial charge >= 0.3 is 169 Å². The minimum Gasteiger partial charge on any atom is -0.0654 e. The molecule has 3 rings (SSSR count). The molecule has 1 heterocycles. The van der Waals surface area contributed by atoms with Crippen molar-refractivity contribution in [2.24, 2.45) is 0 Å². The molecule has 0 fully saturated rings. The van der Waals surface area contributed by atoms with Gasteiger partial charge in [0.1, 0.15) is 0 Å². The maximum absolute atomic E-state index is 11.4. The molecule has 2 aromatic rings. The molecule has 2 aromatic carbocycles. The molecule has 3 heteroatoms. The van der Waals surface area contributed by atoms with Gasteiger partial charge in [0.25, 0.3) is 0 Å². The number of nitrogens with zero attached hydrogens (tertiary/aromatic N) is 2. The number of aryl methyl sites for hydroxylation is 2. The molecule has 0 aromatic heterocycles. The zero-order valence-electron chi connectivity index (χ0n) is 56.6. The van der Waals surface area contributed by atoms with Crippen LogP contribution in [0.4, 0.5) is 0 Å². The van der Waals surface area contributed by atoms with Crippen LogP contribution in [-0.4, -0.2) is 4.70 Å². The van der Waals surface area contributed by atoms with Gasteiger partial charge in [-0.15, -0.1) is 0 Å². The van der Waals surface area contributed by atoms with Crippen molar-refractivity contribution in [3.63, 3.8) is 0 Å². The molecule has 1 aliphatic heterocycles. The van der Waals surface area contributed by atoms with Gasteiger partial charge in [-0.25, -0.2) is 4.70 Å². The van der Waals surface area contributed by atoms with E-state index >= 15 is 0 Å². The Labute approximate surface area is 529 Å². The molecule has 1 aliphatic rings. The molecule has 0 atom stereocenters. The molecule has 0 aliphatic carbocycles. The van der Waals surface area contributed by atoms with Gasteiger partial charge in [-0.3, -0.25) is 0 Å². The molecule has 0 radical (unpaired) electrons. The van der Waals surface area contributed by atoms with Crippen molar-refractivity contribution >= 4 is 11.4 Å². The van der Waals surface area contributed by atoms with Crippen molar-refractivity contribution < 1.29 is 22.7 Å². The van der Waals surface area contributed by atoms with E-state index in [9.17, 15) is 5.53 Å². The Balaban J connectivity index is 0.000000624. The van der Waals surface area contributed by atoms with Crippen molar-refractivity contribution in [1.29, 1.82) is 0 Å². The molecule has 0 amide bonds. The number of hydrogen-bond donors (Lipinski definition) is 0. The topological polar surface area (TPSA) is 25.3 Å². The fourth-order valence-corrected chi connectivity index (χ4v) is 14.4. The zero-order valence-corrected chi connectivity index (χ0v) is 58.2. The summed E-state index contributed by atoms with van der Waals surface area (Å²) >= 11 is 1.06. The molecule has 482 valence electrons. The Morgan fingerprint density at radius 1 is 0.289 bits per heavy atom. The fourth-order valence-electron chi connectivity index (χ4n) is 12.5. The molecule has 0 saturated heterocycles. The number of benzene rings is 2. The molecular weight excluding hydrogens is 1100 g/mol. The van der Waals surface area contributed by atoms with Crippen LogP contribution in [0, 0.1) is 0 Å². The van der Waals surface area contributed by atoms with Gasteiger partial charge in [0.05, 0.1) is 0 Å². The summed E-state index contributed by atoms with van der Waals surface area (Å²) in [6, 6.07) is 17.5. The van der Waals surface area contributed by atoms with Gasteiger partial charge in [-0.05, 0) is 73.9 Å². The predicted molar refractivity (Wildman–Crippen MR) is 371 cm³/mol. The van der Waals surface area contributed by atoms with Gasteiger partial charge in [0, 0.05) is 22.8 Å². The van der Waals surface area contributed by atoms with E-state index in [1.165, 1.54) is 362 Å². The van der Waals surface area contributed by atoms with Crippen molar-refractivity contribution in [3.8, 4) is 0 Å². The third kappa shape index (κ3) is 45.2. The number of unbranched alkanes of at least 4 members (excludes halogenated alkanes) is 49. The van der Waals surface area contributed by atoms with Gasteiger partial charge in [0.15, 0.2) is 0 Å². The summed E-state index contributed by atoms with van der Waals surface area (Å²) in [6.07, 6.45) is 83.6. The van der Waals surface area contributed by atoms with Crippen molar-refractivity contribution in [2.45, 2.75) is 410 Å². The minimum absolute atomic E-state index is 0.905. The van der Waals surface area contributed by atoms with E-state index in [4.69, 9.17) is 0 Å². The molecule has 0 bridgehead atoms. The van der Waals surface area contributed by atoms with E-state index in [-0.39, 0.29) is 0 Å². The Kier molecular flexibility index (Phi) is 56.3. The fraction of sp³-hybridized carbons (Fsp3) is 0.800. The molecule has 0 N–H and O–H groups in total. The summed E-state index contributed by atoms with van der Waals surface area (Å²) in [5.41, 5.74) is 19.4. The van der Waals surface area contributed by atoms with Crippen LogP contribution in [0.3, 0.4) is 0 Å². The Morgan fingerprint density at radius 2 is 0.554 bits per heavy atom.